The molecular formula is C12H12O2. The van der Waals surface area contributed by atoms with Gasteiger partial charge in [0.25, 0.3) is 0 Å². The number of hydrogen-bond donors (Lipinski definition) is 1. The molecule has 0 aliphatic carbocycles. The molecule has 1 N–H and O–H groups in total. The van der Waals surface area contributed by atoms with Crippen LogP contribution < -0.4 is 0 Å². The summed E-state index contributed by atoms with van der Waals surface area (Å²) >= 11 is 0. The van der Waals surface area contributed by atoms with E-state index >= 15 is 0 Å². The molecule has 14 heavy (non-hydrogen) atoms. The molecule has 2 heteroatoms. The fourth-order valence-corrected chi connectivity index (χ4v) is 1.62. The van der Waals surface area contributed by atoms with Gasteiger partial charge in [0.15, 0.2) is 0 Å². The normalized spacial score (nSPS) is 26.2. The molecular weight excluding hydrogens is 176 g/mol. The number of aliphatic hydroxyl groups excluding tert-OH is 1. The van der Waals surface area contributed by atoms with Crippen LogP contribution in [0.5, 0.6) is 0 Å². The van der Waals surface area contributed by atoms with Crippen LogP contribution in [0.25, 0.3) is 0 Å². The van der Waals surface area contributed by atoms with Crippen molar-refractivity contribution in [3.05, 3.63) is 53.8 Å². The van der Waals surface area contributed by atoms with E-state index in [1.54, 1.807) is 0 Å². The summed E-state index contributed by atoms with van der Waals surface area (Å²) in [6, 6.07) is 9.69. The minimum atomic E-state index is -0.602. The minimum Gasteiger partial charge on any atom is -0.385 e. The maximum atomic E-state index is 9.84. The molecule has 1 heterocycles. The first-order chi connectivity index (χ1) is 6.83. The van der Waals surface area contributed by atoms with Gasteiger partial charge in [-0.2, -0.15) is 0 Å². The van der Waals surface area contributed by atoms with Crippen molar-refractivity contribution in [2.45, 2.75) is 12.2 Å². The Morgan fingerprint density at radius 3 is 2.64 bits per heavy atom. The number of ether oxygens (including phenoxy) is 1. The number of benzene rings is 1. The summed E-state index contributed by atoms with van der Waals surface area (Å²) in [6.45, 7) is 3.94. The van der Waals surface area contributed by atoms with Gasteiger partial charge in [-0.25, -0.2) is 0 Å². The van der Waals surface area contributed by atoms with Crippen molar-refractivity contribution in [3.63, 3.8) is 0 Å². The van der Waals surface area contributed by atoms with Crippen LogP contribution in [-0.2, 0) is 4.74 Å². The molecule has 0 amide bonds. The average molecular weight is 188 g/mol. The van der Waals surface area contributed by atoms with Crippen LogP contribution in [-0.4, -0.2) is 17.8 Å². The van der Waals surface area contributed by atoms with Crippen LogP contribution >= 0.6 is 0 Å². The van der Waals surface area contributed by atoms with Gasteiger partial charge < -0.3 is 9.84 Å². The van der Waals surface area contributed by atoms with Crippen LogP contribution in [0.15, 0.2) is 48.2 Å². The van der Waals surface area contributed by atoms with E-state index in [4.69, 9.17) is 4.74 Å². The Hall–Kier alpha value is -1.34. The molecule has 1 aliphatic heterocycles. The Morgan fingerprint density at radius 1 is 1.36 bits per heavy atom. The summed E-state index contributed by atoms with van der Waals surface area (Å²) in [4.78, 5) is 0. The van der Waals surface area contributed by atoms with Gasteiger partial charge in [0.2, 0.25) is 0 Å². The average Bonchev–Trinajstić information content (AvgIpc) is 2.61. The van der Waals surface area contributed by atoms with Gasteiger partial charge in [0.1, 0.15) is 12.2 Å². The van der Waals surface area contributed by atoms with E-state index in [2.05, 4.69) is 12.3 Å². The van der Waals surface area contributed by atoms with Gasteiger partial charge in [-0.15, -0.1) is 5.73 Å². The molecule has 72 valence electrons. The molecule has 1 aromatic carbocycles. The summed E-state index contributed by atoms with van der Waals surface area (Å²) in [7, 11) is 0. The second-order valence-electron chi connectivity index (χ2n) is 3.29. The lowest BCUT2D eigenvalue weighted by Gasteiger charge is -2.13. The Labute approximate surface area is 83.1 Å². The second-order valence-corrected chi connectivity index (χ2v) is 3.29. The van der Waals surface area contributed by atoms with Crippen molar-refractivity contribution >= 4 is 0 Å². The van der Waals surface area contributed by atoms with Gasteiger partial charge in [0.05, 0.1) is 6.61 Å². The van der Waals surface area contributed by atoms with Gasteiger partial charge in [-0.3, -0.25) is 0 Å². The zero-order chi connectivity index (χ0) is 9.97. The van der Waals surface area contributed by atoms with Crippen molar-refractivity contribution in [2.24, 2.45) is 0 Å². The van der Waals surface area contributed by atoms with Gasteiger partial charge in [0, 0.05) is 5.57 Å². The van der Waals surface area contributed by atoms with Crippen LogP contribution in [0.4, 0.5) is 0 Å². The molecule has 0 spiro atoms. The molecule has 1 saturated heterocycles. The van der Waals surface area contributed by atoms with Crippen LogP contribution in [0, 0.1) is 0 Å². The maximum absolute atomic E-state index is 9.84. The minimum absolute atomic E-state index is 0.263. The van der Waals surface area contributed by atoms with E-state index < -0.39 is 6.10 Å². The van der Waals surface area contributed by atoms with E-state index in [-0.39, 0.29) is 6.10 Å². The number of hydrogen-bond acceptors (Lipinski definition) is 2. The highest BCUT2D eigenvalue weighted by atomic mass is 16.5. The fraction of sp³-hybridized carbons (Fsp3) is 0.250. The highest BCUT2D eigenvalue weighted by molar-refractivity contribution is 5.25. The quantitative estimate of drug-likeness (QED) is 0.681. The van der Waals surface area contributed by atoms with Crippen molar-refractivity contribution in [1.29, 1.82) is 0 Å². The lowest BCUT2D eigenvalue weighted by Crippen LogP contribution is -2.13. The summed E-state index contributed by atoms with van der Waals surface area (Å²) in [5, 5.41) is 9.84. The maximum Gasteiger partial charge on any atom is 0.115 e. The van der Waals surface area contributed by atoms with E-state index in [9.17, 15) is 5.11 Å². The lowest BCUT2D eigenvalue weighted by molar-refractivity contribution is 0.0436. The van der Waals surface area contributed by atoms with Crippen molar-refractivity contribution in [2.75, 3.05) is 6.61 Å². The molecule has 0 unspecified atom stereocenters. The third kappa shape index (κ3) is 1.51. The molecule has 0 saturated carbocycles. The second kappa shape index (κ2) is 3.81. The smallest absolute Gasteiger partial charge is 0.115 e. The van der Waals surface area contributed by atoms with Crippen molar-refractivity contribution in [3.8, 4) is 0 Å². The number of aliphatic hydroxyl groups is 1. The molecule has 1 aliphatic rings. The SMILES string of the molecule is C=C=C1CO[C@@H](c2ccccc2)[C@@H]1O. The summed E-state index contributed by atoms with van der Waals surface area (Å²) in [5.74, 6) is 0. The first-order valence-corrected chi connectivity index (χ1v) is 4.56. The van der Waals surface area contributed by atoms with E-state index in [1.165, 1.54) is 0 Å². The highest BCUT2D eigenvalue weighted by Crippen LogP contribution is 2.31. The van der Waals surface area contributed by atoms with Crippen LogP contribution in [0.2, 0.25) is 0 Å². The van der Waals surface area contributed by atoms with E-state index in [0.29, 0.717) is 6.61 Å². The van der Waals surface area contributed by atoms with Crippen molar-refractivity contribution < 1.29 is 9.84 Å². The van der Waals surface area contributed by atoms with E-state index in [0.717, 1.165) is 11.1 Å². The summed E-state index contributed by atoms with van der Waals surface area (Å²) in [5.41, 5.74) is 4.43. The highest BCUT2D eigenvalue weighted by Gasteiger charge is 2.31. The molecule has 2 atom stereocenters. The summed E-state index contributed by atoms with van der Waals surface area (Å²) < 4.78 is 5.47. The monoisotopic (exact) mass is 188 g/mol. The largest absolute Gasteiger partial charge is 0.385 e. The molecule has 2 nitrogen and oxygen atoms in total. The van der Waals surface area contributed by atoms with Crippen LogP contribution in [0.3, 0.4) is 0 Å². The molecule has 2 rings (SSSR count). The first kappa shape index (κ1) is 9.22. The predicted octanol–water partition coefficient (Wildman–Crippen LogP) is 1.83. The molecule has 0 bridgehead atoms. The molecule has 0 radical (unpaired) electrons. The summed E-state index contributed by atoms with van der Waals surface area (Å²) in [6.07, 6.45) is -0.865. The first-order valence-electron chi connectivity index (χ1n) is 4.56. The molecule has 1 fully saturated rings. The Kier molecular flexibility index (Phi) is 2.51. The zero-order valence-electron chi connectivity index (χ0n) is 7.81. The van der Waals surface area contributed by atoms with Gasteiger partial charge in [-0.1, -0.05) is 36.9 Å². The van der Waals surface area contributed by atoms with Gasteiger partial charge >= 0.3 is 0 Å². The van der Waals surface area contributed by atoms with Crippen LogP contribution in [0.1, 0.15) is 11.7 Å². The topological polar surface area (TPSA) is 29.5 Å². The Morgan fingerprint density at radius 2 is 2.07 bits per heavy atom. The predicted molar refractivity (Wildman–Crippen MR) is 53.8 cm³/mol. The van der Waals surface area contributed by atoms with Gasteiger partial charge in [-0.05, 0) is 5.56 Å². The zero-order valence-corrected chi connectivity index (χ0v) is 7.81. The third-order valence-corrected chi connectivity index (χ3v) is 2.42. The van der Waals surface area contributed by atoms with Crippen molar-refractivity contribution in [1.82, 2.24) is 0 Å². The Bertz CT molecular complexity index is 363. The standard InChI is InChI=1S/C12H12O2/c1-2-9-8-14-12(11(9)13)10-6-4-3-5-7-10/h3-7,11-13H,1,8H2/t11-,12+/m1/s1. The van der Waals surface area contributed by atoms with E-state index in [1.807, 2.05) is 30.3 Å². The molecule has 1 aromatic rings. The Balaban J connectivity index is 2.27. The fourth-order valence-electron chi connectivity index (χ4n) is 1.62. The third-order valence-electron chi connectivity index (χ3n) is 2.42. The molecule has 0 aromatic heterocycles. The lowest BCUT2D eigenvalue weighted by atomic mass is 10.0. The number of rotatable bonds is 1.